The van der Waals surface area contributed by atoms with Crippen molar-refractivity contribution < 1.29 is 8.78 Å². The fourth-order valence-corrected chi connectivity index (χ4v) is 3.88. The molecule has 19 heavy (non-hydrogen) atoms. The SMILES string of the molecule is Cc1ccc(C(NN)c2cc(Br)c(Br)s2)c(F)c1F. The lowest BCUT2D eigenvalue weighted by atomic mass is 10.0. The van der Waals surface area contributed by atoms with Crippen molar-refractivity contribution in [3.63, 3.8) is 0 Å². The molecule has 7 heteroatoms. The van der Waals surface area contributed by atoms with Crippen molar-refractivity contribution in [3.8, 4) is 0 Å². The third-order valence-electron chi connectivity index (χ3n) is 2.73. The topological polar surface area (TPSA) is 38.0 Å². The Kier molecular flexibility index (Phi) is 4.73. The van der Waals surface area contributed by atoms with Crippen LogP contribution in [0.15, 0.2) is 26.5 Å². The van der Waals surface area contributed by atoms with Gasteiger partial charge in [-0.15, -0.1) is 11.3 Å². The fraction of sp³-hybridized carbons (Fsp3) is 0.167. The minimum absolute atomic E-state index is 0.187. The summed E-state index contributed by atoms with van der Waals surface area (Å²) in [6, 6.07) is 4.30. The van der Waals surface area contributed by atoms with Crippen LogP contribution in [0.25, 0.3) is 0 Å². The lowest BCUT2D eigenvalue weighted by Crippen LogP contribution is -2.29. The van der Waals surface area contributed by atoms with E-state index in [1.165, 1.54) is 24.3 Å². The Hall–Kier alpha value is -0.340. The smallest absolute Gasteiger partial charge is 0.164 e. The van der Waals surface area contributed by atoms with Crippen molar-refractivity contribution in [1.29, 1.82) is 0 Å². The molecule has 0 aliphatic rings. The third-order valence-corrected chi connectivity index (χ3v) is 6.05. The lowest BCUT2D eigenvalue weighted by Gasteiger charge is -2.16. The molecule has 0 radical (unpaired) electrons. The summed E-state index contributed by atoms with van der Waals surface area (Å²) in [6.07, 6.45) is 0. The van der Waals surface area contributed by atoms with E-state index in [0.29, 0.717) is 0 Å². The van der Waals surface area contributed by atoms with Gasteiger partial charge in [0.05, 0.1) is 9.83 Å². The Labute approximate surface area is 130 Å². The van der Waals surface area contributed by atoms with Crippen molar-refractivity contribution in [2.75, 3.05) is 0 Å². The van der Waals surface area contributed by atoms with Gasteiger partial charge in [0.15, 0.2) is 11.6 Å². The quantitative estimate of drug-likeness (QED) is 0.579. The van der Waals surface area contributed by atoms with Crippen LogP contribution in [0.3, 0.4) is 0 Å². The molecule has 1 atom stereocenters. The van der Waals surface area contributed by atoms with E-state index in [1.54, 1.807) is 6.07 Å². The van der Waals surface area contributed by atoms with Gasteiger partial charge in [-0.2, -0.15) is 0 Å². The minimum Gasteiger partial charge on any atom is -0.271 e. The molecule has 1 unspecified atom stereocenters. The van der Waals surface area contributed by atoms with Gasteiger partial charge in [0.25, 0.3) is 0 Å². The summed E-state index contributed by atoms with van der Waals surface area (Å²) in [5.74, 6) is 3.78. The second-order valence-corrected chi connectivity index (χ2v) is 7.23. The molecule has 0 spiro atoms. The first kappa shape index (κ1) is 15.1. The predicted octanol–water partition coefficient (Wildman–Crippen LogP) is 4.41. The number of hydrogen-bond donors (Lipinski definition) is 2. The molecule has 2 nitrogen and oxygen atoms in total. The summed E-state index contributed by atoms with van der Waals surface area (Å²) in [6.45, 7) is 1.52. The Balaban J connectivity index is 2.51. The molecule has 0 amide bonds. The van der Waals surface area contributed by atoms with E-state index >= 15 is 0 Å². The molecule has 1 aromatic heterocycles. The van der Waals surface area contributed by atoms with Gasteiger partial charge < -0.3 is 0 Å². The van der Waals surface area contributed by atoms with Crippen molar-refractivity contribution in [1.82, 2.24) is 5.43 Å². The van der Waals surface area contributed by atoms with E-state index < -0.39 is 17.7 Å². The largest absolute Gasteiger partial charge is 0.271 e. The molecule has 2 rings (SSSR count). The predicted molar refractivity (Wildman–Crippen MR) is 80.0 cm³/mol. The van der Waals surface area contributed by atoms with Gasteiger partial charge in [-0.3, -0.25) is 5.84 Å². The van der Waals surface area contributed by atoms with Crippen LogP contribution < -0.4 is 11.3 Å². The first-order valence-electron chi connectivity index (χ1n) is 5.31. The molecule has 1 heterocycles. The second kappa shape index (κ2) is 5.97. The van der Waals surface area contributed by atoms with Crippen LogP contribution in [0.5, 0.6) is 0 Å². The van der Waals surface area contributed by atoms with E-state index in [4.69, 9.17) is 5.84 Å². The molecule has 2 aromatic rings. The second-order valence-electron chi connectivity index (χ2n) is 3.97. The monoisotopic (exact) mass is 410 g/mol. The maximum absolute atomic E-state index is 14.0. The van der Waals surface area contributed by atoms with Crippen LogP contribution in [-0.2, 0) is 0 Å². The summed E-state index contributed by atoms with van der Waals surface area (Å²) in [7, 11) is 0. The Morgan fingerprint density at radius 1 is 1.26 bits per heavy atom. The summed E-state index contributed by atoms with van der Waals surface area (Å²) < 4.78 is 29.4. The van der Waals surface area contributed by atoms with Crippen LogP contribution in [0.1, 0.15) is 22.0 Å². The molecule has 0 saturated carbocycles. The number of nitrogens with one attached hydrogen (secondary N) is 1. The molecule has 3 N–H and O–H groups in total. The highest BCUT2D eigenvalue weighted by atomic mass is 79.9. The molecular formula is C12H10Br2F2N2S. The molecule has 0 aliphatic heterocycles. The number of hydrazine groups is 1. The molecular weight excluding hydrogens is 402 g/mol. The van der Waals surface area contributed by atoms with Gasteiger partial charge >= 0.3 is 0 Å². The summed E-state index contributed by atoms with van der Waals surface area (Å²) in [5.41, 5.74) is 2.98. The van der Waals surface area contributed by atoms with Gasteiger partial charge in [0.1, 0.15) is 0 Å². The number of thiophene rings is 1. The van der Waals surface area contributed by atoms with E-state index in [1.807, 2.05) is 6.07 Å². The first-order chi connectivity index (χ1) is 8.95. The molecule has 102 valence electrons. The van der Waals surface area contributed by atoms with E-state index in [9.17, 15) is 8.78 Å². The lowest BCUT2D eigenvalue weighted by molar-refractivity contribution is 0.480. The Morgan fingerprint density at radius 2 is 1.95 bits per heavy atom. The number of nitrogens with two attached hydrogens (primary N) is 1. The Morgan fingerprint density at radius 3 is 2.47 bits per heavy atom. The number of benzene rings is 1. The highest BCUT2D eigenvalue weighted by Crippen LogP contribution is 2.38. The zero-order valence-corrected chi connectivity index (χ0v) is 13.8. The van der Waals surface area contributed by atoms with Crippen LogP contribution in [-0.4, -0.2) is 0 Å². The number of hydrogen-bond acceptors (Lipinski definition) is 3. The summed E-state index contributed by atoms with van der Waals surface area (Å²) >= 11 is 8.12. The number of aryl methyl sites for hydroxylation is 1. The van der Waals surface area contributed by atoms with Crippen molar-refractivity contribution in [2.45, 2.75) is 13.0 Å². The highest BCUT2D eigenvalue weighted by molar-refractivity contribution is 9.13. The molecule has 0 aliphatic carbocycles. The zero-order valence-electron chi connectivity index (χ0n) is 9.81. The Bertz CT molecular complexity index is 597. The van der Waals surface area contributed by atoms with Gasteiger partial charge in [0.2, 0.25) is 0 Å². The molecule has 0 saturated heterocycles. The standard InChI is InChI=1S/C12H10Br2F2N2S/c1-5-2-3-6(10(16)9(5)15)11(18-17)8-4-7(13)12(14)19-8/h2-4,11,18H,17H2,1H3. The van der Waals surface area contributed by atoms with E-state index in [0.717, 1.165) is 13.1 Å². The minimum atomic E-state index is -0.872. The molecule has 1 aromatic carbocycles. The fourth-order valence-electron chi connectivity index (χ4n) is 1.71. The molecule has 0 fully saturated rings. The summed E-state index contributed by atoms with van der Waals surface area (Å²) in [5, 5.41) is 0. The zero-order chi connectivity index (χ0) is 14.2. The van der Waals surface area contributed by atoms with Crippen molar-refractivity contribution in [3.05, 3.63) is 54.1 Å². The van der Waals surface area contributed by atoms with E-state index in [2.05, 4.69) is 37.3 Å². The van der Waals surface area contributed by atoms with Crippen LogP contribution in [0.4, 0.5) is 8.78 Å². The highest BCUT2D eigenvalue weighted by Gasteiger charge is 2.22. The number of halogens is 4. The summed E-state index contributed by atoms with van der Waals surface area (Å²) in [4.78, 5) is 0.781. The maximum atomic E-state index is 14.0. The molecule has 0 bridgehead atoms. The van der Waals surface area contributed by atoms with Crippen molar-refractivity contribution >= 4 is 43.2 Å². The van der Waals surface area contributed by atoms with Gasteiger partial charge in [-0.05, 0) is 50.4 Å². The van der Waals surface area contributed by atoms with Gasteiger partial charge in [0, 0.05) is 14.9 Å². The van der Waals surface area contributed by atoms with E-state index in [-0.39, 0.29) is 11.1 Å². The van der Waals surface area contributed by atoms with Crippen LogP contribution in [0, 0.1) is 18.6 Å². The number of rotatable bonds is 3. The maximum Gasteiger partial charge on any atom is 0.164 e. The first-order valence-corrected chi connectivity index (χ1v) is 7.71. The normalized spacial score (nSPS) is 12.7. The van der Waals surface area contributed by atoms with Gasteiger partial charge in [-0.25, -0.2) is 14.2 Å². The average Bonchev–Trinajstić information content (AvgIpc) is 2.70. The average molecular weight is 412 g/mol. The van der Waals surface area contributed by atoms with Crippen molar-refractivity contribution in [2.24, 2.45) is 5.84 Å². The third kappa shape index (κ3) is 2.90. The van der Waals surface area contributed by atoms with Gasteiger partial charge in [-0.1, -0.05) is 12.1 Å². The van der Waals surface area contributed by atoms with Crippen LogP contribution in [0.2, 0.25) is 0 Å². The van der Waals surface area contributed by atoms with Crippen LogP contribution >= 0.6 is 43.2 Å².